The number of likely N-dealkylation sites (N-methyl/N-ethyl adjacent to an activating group) is 1. The summed E-state index contributed by atoms with van der Waals surface area (Å²) >= 11 is 4.54. The maximum absolute atomic E-state index is 11.4. The van der Waals surface area contributed by atoms with Gasteiger partial charge in [0.05, 0.1) is 18.1 Å². The molecule has 7 heteroatoms. The molecule has 0 bridgehead atoms. The van der Waals surface area contributed by atoms with E-state index in [1.54, 1.807) is 6.92 Å². The number of nitrogens with two attached hydrogens (primary N) is 1. The highest BCUT2D eigenvalue weighted by molar-refractivity contribution is 7.80. The van der Waals surface area contributed by atoms with Crippen LogP contribution in [0.15, 0.2) is 0 Å². The molecule has 0 fully saturated rings. The largest absolute Gasteiger partial charge is 0.395 e. The van der Waals surface area contributed by atoms with E-state index in [2.05, 4.69) is 17.5 Å². The minimum atomic E-state index is -0.766. The van der Waals surface area contributed by atoms with Crippen molar-refractivity contribution in [2.45, 2.75) is 6.92 Å². The van der Waals surface area contributed by atoms with Crippen molar-refractivity contribution in [3.8, 4) is 0 Å². The molecular weight excluding hydrogens is 218 g/mol. The molecule has 0 atom stereocenters. The van der Waals surface area contributed by atoms with Gasteiger partial charge in [-0.3, -0.25) is 9.59 Å². The first-order chi connectivity index (χ1) is 7.02. The third kappa shape index (κ3) is 5.28. The van der Waals surface area contributed by atoms with E-state index < -0.39 is 11.8 Å². The molecular formula is C8H15N3O3S. The first-order valence-electron chi connectivity index (χ1n) is 4.49. The minimum Gasteiger partial charge on any atom is -0.395 e. The van der Waals surface area contributed by atoms with Gasteiger partial charge >= 0.3 is 11.8 Å². The fourth-order valence-electron chi connectivity index (χ4n) is 0.911. The summed E-state index contributed by atoms with van der Waals surface area (Å²) in [4.78, 5) is 24.0. The van der Waals surface area contributed by atoms with E-state index in [0.29, 0.717) is 6.54 Å². The molecule has 0 radical (unpaired) electrons. The standard InChI is InChI=1S/C8H15N3O3S/c1-2-11(3-4-12)8(14)7(13)10-5-6(9)15/h12H,2-5H2,1H3,(H2,9,15)(H,10,13). The van der Waals surface area contributed by atoms with E-state index in [9.17, 15) is 9.59 Å². The lowest BCUT2D eigenvalue weighted by Gasteiger charge is -2.18. The normalized spacial score (nSPS) is 9.47. The van der Waals surface area contributed by atoms with Gasteiger partial charge in [0.25, 0.3) is 0 Å². The van der Waals surface area contributed by atoms with Crippen LogP contribution in [0.1, 0.15) is 6.92 Å². The van der Waals surface area contributed by atoms with E-state index in [1.807, 2.05) is 0 Å². The SMILES string of the molecule is CCN(CCO)C(=O)C(=O)NCC(N)=S. The highest BCUT2D eigenvalue weighted by Crippen LogP contribution is 1.88. The number of aliphatic hydroxyl groups is 1. The highest BCUT2D eigenvalue weighted by atomic mass is 32.1. The van der Waals surface area contributed by atoms with Gasteiger partial charge in [-0.25, -0.2) is 0 Å². The summed E-state index contributed by atoms with van der Waals surface area (Å²) in [6, 6.07) is 0. The second-order valence-electron chi connectivity index (χ2n) is 2.76. The third-order valence-corrected chi connectivity index (χ3v) is 1.80. The zero-order valence-electron chi connectivity index (χ0n) is 8.52. The van der Waals surface area contributed by atoms with E-state index in [4.69, 9.17) is 10.8 Å². The molecule has 4 N–H and O–H groups in total. The second kappa shape index (κ2) is 7.13. The van der Waals surface area contributed by atoms with Gasteiger partial charge < -0.3 is 21.1 Å². The number of carbonyl (C=O) groups is 2. The molecule has 0 aromatic rings. The van der Waals surface area contributed by atoms with Crippen molar-refractivity contribution < 1.29 is 14.7 Å². The quantitative estimate of drug-likeness (QED) is 0.386. The fraction of sp³-hybridized carbons (Fsp3) is 0.625. The summed E-state index contributed by atoms with van der Waals surface area (Å²) in [7, 11) is 0. The molecule has 0 rings (SSSR count). The number of thiocarbonyl (C=S) groups is 1. The van der Waals surface area contributed by atoms with Crippen molar-refractivity contribution >= 4 is 29.0 Å². The zero-order chi connectivity index (χ0) is 11.8. The Hall–Kier alpha value is -1.21. The summed E-state index contributed by atoms with van der Waals surface area (Å²) in [5.74, 6) is -1.46. The lowest BCUT2D eigenvalue weighted by atomic mass is 10.4. The van der Waals surface area contributed by atoms with Gasteiger partial charge in [-0.2, -0.15) is 0 Å². The van der Waals surface area contributed by atoms with Gasteiger partial charge in [-0.1, -0.05) is 12.2 Å². The van der Waals surface area contributed by atoms with Crippen LogP contribution < -0.4 is 11.1 Å². The monoisotopic (exact) mass is 233 g/mol. The Labute approximate surface area is 93.4 Å². The van der Waals surface area contributed by atoms with Crippen molar-refractivity contribution in [3.63, 3.8) is 0 Å². The van der Waals surface area contributed by atoms with Crippen LogP contribution in [0.3, 0.4) is 0 Å². The smallest absolute Gasteiger partial charge is 0.311 e. The van der Waals surface area contributed by atoms with Crippen molar-refractivity contribution in [1.82, 2.24) is 10.2 Å². The van der Waals surface area contributed by atoms with Crippen LogP contribution in [0, 0.1) is 0 Å². The summed E-state index contributed by atoms with van der Waals surface area (Å²) < 4.78 is 0. The molecule has 15 heavy (non-hydrogen) atoms. The van der Waals surface area contributed by atoms with Gasteiger partial charge in [0.1, 0.15) is 0 Å². The van der Waals surface area contributed by atoms with Crippen LogP contribution in [0.25, 0.3) is 0 Å². The Morgan fingerprint density at radius 3 is 2.53 bits per heavy atom. The van der Waals surface area contributed by atoms with Crippen molar-refractivity contribution in [1.29, 1.82) is 0 Å². The molecule has 0 saturated heterocycles. The molecule has 0 unspecified atom stereocenters. The third-order valence-electron chi connectivity index (χ3n) is 1.66. The molecule has 0 heterocycles. The van der Waals surface area contributed by atoms with Crippen LogP contribution in [0.2, 0.25) is 0 Å². The topological polar surface area (TPSA) is 95.7 Å². The zero-order valence-corrected chi connectivity index (χ0v) is 9.34. The molecule has 0 aliphatic heterocycles. The average molecular weight is 233 g/mol. The molecule has 86 valence electrons. The Morgan fingerprint density at radius 2 is 2.13 bits per heavy atom. The van der Waals surface area contributed by atoms with Crippen molar-refractivity contribution in [2.75, 3.05) is 26.2 Å². The fourth-order valence-corrected chi connectivity index (χ4v) is 0.983. The molecule has 6 nitrogen and oxygen atoms in total. The molecule has 0 aromatic heterocycles. The average Bonchev–Trinajstić information content (AvgIpc) is 2.21. The van der Waals surface area contributed by atoms with Crippen LogP contribution in [0.4, 0.5) is 0 Å². The van der Waals surface area contributed by atoms with E-state index in [1.165, 1.54) is 4.90 Å². The Morgan fingerprint density at radius 1 is 1.53 bits per heavy atom. The summed E-state index contributed by atoms with van der Waals surface area (Å²) in [5.41, 5.74) is 5.16. The maximum Gasteiger partial charge on any atom is 0.311 e. The number of aliphatic hydroxyl groups excluding tert-OH is 1. The van der Waals surface area contributed by atoms with Crippen LogP contribution in [-0.2, 0) is 9.59 Å². The van der Waals surface area contributed by atoms with E-state index in [0.717, 1.165) is 0 Å². The Balaban J connectivity index is 4.16. The molecule has 0 saturated carbocycles. The number of nitrogens with one attached hydrogen (secondary N) is 1. The molecule has 0 aliphatic carbocycles. The number of hydrogen-bond acceptors (Lipinski definition) is 4. The minimum absolute atomic E-state index is 0.00339. The van der Waals surface area contributed by atoms with Crippen LogP contribution in [0.5, 0.6) is 0 Å². The first-order valence-corrected chi connectivity index (χ1v) is 4.90. The summed E-state index contributed by atoms with van der Waals surface area (Å²) in [5, 5.41) is 10.9. The summed E-state index contributed by atoms with van der Waals surface area (Å²) in [6.45, 7) is 2.03. The maximum atomic E-state index is 11.4. The van der Waals surface area contributed by atoms with Crippen LogP contribution in [-0.4, -0.2) is 53.1 Å². The Kier molecular flexibility index (Phi) is 6.56. The van der Waals surface area contributed by atoms with E-state index >= 15 is 0 Å². The molecule has 0 aromatic carbocycles. The lowest BCUT2D eigenvalue weighted by Crippen LogP contribution is -2.45. The predicted molar refractivity (Wildman–Crippen MR) is 59.1 cm³/mol. The predicted octanol–water partition coefficient (Wildman–Crippen LogP) is -1.77. The van der Waals surface area contributed by atoms with Gasteiger partial charge in [-0.15, -0.1) is 0 Å². The van der Waals surface area contributed by atoms with Crippen LogP contribution >= 0.6 is 12.2 Å². The first kappa shape index (κ1) is 13.8. The number of rotatable bonds is 5. The second-order valence-corrected chi connectivity index (χ2v) is 3.28. The number of nitrogens with zero attached hydrogens (tertiary/aromatic N) is 1. The van der Waals surface area contributed by atoms with Crippen molar-refractivity contribution in [3.05, 3.63) is 0 Å². The van der Waals surface area contributed by atoms with E-state index in [-0.39, 0.29) is 24.7 Å². The van der Waals surface area contributed by atoms with Gasteiger partial charge in [-0.05, 0) is 6.92 Å². The van der Waals surface area contributed by atoms with Gasteiger partial charge in [0, 0.05) is 13.1 Å². The van der Waals surface area contributed by atoms with Crippen molar-refractivity contribution in [2.24, 2.45) is 5.73 Å². The molecule has 2 amide bonds. The summed E-state index contributed by atoms with van der Waals surface area (Å²) in [6.07, 6.45) is 0. The highest BCUT2D eigenvalue weighted by Gasteiger charge is 2.19. The van der Waals surface area contributed by atoms with Gasteiger partial charge in [0.15, 0.2) is 0 Å². The number of carbonyl (C=O) groups excluding carboxylic acids is 2. The Bertz CT molecular complexity index is 258. The molecule has 0 spiro atoms. The molecule has 0 aliphatic rings. The number of amides is 2. The number of hydrogen-bond donors (Lipinski definition) is 3. The lowest BCUT2D eigenvalue weighted by molar-refractivity contribution is -0.145. The van der Waals surface area contributed by atoms with Gasteiger partial charge in [0.2, 0.25) is 0 Å².